The van der Waals surface area contributed by atoms with Gasteiger partial charge in [-0.25, -0.2) is 0 Å². The Morgan fingerprint density at radius 3 is 2.58 bits per heavy atom. The molecular weight excluding hydrogens is 234 g/mol. The Hall–Kier alpha value is -2.48. The molecule has 92 valence electrons. The number of fused-ring (bicyclic) bond motifs is 1. The van der Waals surface area contributed by atoms with Crippen molar-refractivity contribution in [2.75, 3.05) is 0 Å². The average Bonchev–Trinajstić information content (AvgIpc) is 2.48. The minimum absolute atomic E-state index is 0.709. The highest BCUT2D eigenvalue weighted by molar-refractivity contribution is 5.84. The van der Waals surface area contributed by atoms with Crippen molar-refractivity contribution in [1.29, 1.82) is 0 Å². The maximum atomic E-state index is 10.9. The van der Waals surface area contributed by atoms with E-state index in [9.17, 15) is 4.79 Å². The number of hydrogen-bond acceptors (Lipinski definition) is 1. The molecule has 0 aliphatic rings. The molecule has 0 aliphatic heterocycles. The average molecular weight is 248 g/mol. The van der Waals surface area contributed by atoms with Crippen LogP contribution < -0.4 is 4.57 Å². The summed E-state index contributed by atoms with van der Waals surface area (Å²) in [6, 6.07) is 20.2. The molecule has 0 atom stereocenters. The van der Waals surface area contributed by atoms with Crippen LogP contribution in [-0.4, -0.2) is 6.29 Å². The van der Waals surface area contributed by atoms with E-state index in [2.05, 4.69) is 22.8 Å². The van der Waals surface area contributed by atoms with E-state index < -0.39 is 0 Å². The first kappa shape index (κ1) is 11.6. The van der Waals surface area contributed by atoms with Crippen LogP contribution in [0.5, 0.6) is 0 Å². The highest BCUT2D eigenvalue weighted by Gasteiger charge is 2.09. The van der Waals surface area contributed by atoms with E-state index in [0.29, 0.717) is 5.56 Å². The number of benzene rings is 2. The number of carbonyl (C=O) groups is 1. The molecule has 3 rings (SSSR count). The standard InChI is InChI=1S/C17H14NO/c19-13-15-8-9-16-7-4-10-18(17(16)11-15)12-14-5-2-1-3-6-14/h1-11,13H,12H2/q+1. The number of pyridine rings is 1. The maximum absolute atomic E-state index is 10.9. The molecule has 0 N–H and O–H groups in total. The van der Waals surface area contributed by atoms with Gasteiger partial charge in [0.2, 0.25) is 5.52 Å². The molecule has 0 bridgehead atoms. The zero-order chi connectivity index (χ0) is 13.1. The second-order valence-electron chi connectivity index (χ2n) is 4.56. The van der Waals surface area contributed by atoms with E-state index >= 15 is 0 Å². The summed E-state index contributed by atoms with van der Waals surface area (Å²) in [5.74, 6) is 0. The van der Waals surface area contributed by atoms with E-state index in [1.54, 1.807) is 0 Å². The molecule has 2 nitrogen and oxygen atoms in total. The second kappa shape index (κ2) is 5.02. The number of carbonyl (C=O) groups excluding carboxylic acids is 1. The summed E-state index contributed by atoms with van der Waals surface area (Å²) in [6.07, 6.45) is 2.93. The molecule has 1 aromatic heterocycles. The van der Waals surface area contributed by atoms with Crippen molar-refractivity contribution in [2.45, 2.75) is 6.54 Å². The topological polar surface area (TPSA) is 20.9 Å². The smallest absolute Gasteiger partial charge is 0.213 e. The van der Waals surface area contributed by atoms with Crippen LogP contribution in [0.25, 0.3) is 10.9 Å². The van der Waals surface area contributed by atoms with Gasteiger partial charge in [0, 0.05) is 28.6 Å². The van der Waals surface area contributed by atoms with E-state index in [-0.39, 0.29) is 0 Å². The summed E-state index contributed by atoms with van der Waals surface area (Å²) in [7, 11) is 0. The molecule has 0 unspecified atom stereocenters. The van der Waals surface area contributed by atoms with Gasteiger partial charge in [0.1, 0.15) is 6.29 Å². The van der Waals surface area contributed by atoms with Crippen molar-refractivity contribution in [3.05, 3.63) is 78.0 Å². The van der Waals surface area contributed by atoms with Crippen LogP contribution in [0.1, 0.15) is 15.9 Å². The van der Waals surface area contributed by atoms with Crippen molar-refractivity contribution in [2.24, 2.45) is 0 Å². The Morgan fingerprint density at radius 1 is 0.947 bits per heavy atom. The van der Waals surface area contributed by atoms with Crippen LogP contribution in [0.4, 0.5) is 0 Å². The Labute approximate surface area is 111 Å². The monoisotopic (exact) mass is 248 g/mol. The first-order valence-corrected chi connectivity index (χ1v) is 6.28. The highest BCUT2D eigenvalue weighted by Crippen LogP contribution is 2.11. The third-order valence-electron chi connectivity index (χ3n) is 3.24. The quantitative estimate of drug-likeness (QED) is 0.515. The number of aromatic nitrogens is 1. The van der Waals surface area contributed by atoms with E-state index in [4.69, 9.17) is 0 Å². The van der Waals surface area contributed by atoms with Gasteiger partial charge in [-0.1, -0.05) is 36.4 Å². The third-order valence-corrected chi connectivity index (χ3v) is 3.24. The van der Waals surface area contributed by atoms with Gasteiger partial charge in [-0.2, -0.15) is 4.57 Å². The minimum Gasteiger partial charge on any atom is -0.298 e. The molecule has 2 aromatic carbocycles. The predicted octanol–water partition coefficient (Wildman–Crippen LogP) is 2.99. The number of hydrogen-bond donors (Lipinski definition) is 0. The van der Waals surface area contributed by atoms with Crippen molar-refractivity contribution in [1.82, 2.24) is 0 Å². The molecule has 19 heavy (non-hydrogen) atoms. The molecule has 0 radical (unpaired) electrons. The summed E-state index contributed by atoms with van der Waals surface area (Å²) in [6.45, 7) is 0.806. The normalized spacial score (nSPS) is 10.5. The molecule has 0 spiro atoms. The van der Waals surface area contributed by atoms with Crippen LogP contribution in [0.15, 0.2) is 66.9 Å². The zero-order valence-electron chi connectivity index (χ0n) is 10.5. The van der Waals surface area contributed by atoms with Crippen molar-refractivity contribution in [3.63, 3.8) is 0 Å². The molecule has 0 fully saturated rings. The van der Waals surface area contributed by atoms with Gasteiger partial charge in [-0.15, -0.1) is 0 Å². The van der Waals surface area contributed by atoms with E-state index in [1.165, 1.54) is 5.56 Å². The lowest BCUT2D eigenvalue weighted by molar-refractivity contribution is -0.662. The molecule has 0 aliphatic carbocycles. The molecule has 0 saturated carbocycles. The van der Waals surface area contributed by atoms with Gasteiger partial charge in [0.15, 0.2) is 12.7 Å². The second-order valence-corrected chi connectivity index (χ2v) is 4.56. The molecular formula is C17H14NO+. The predicted molar refractivity (Wildman–Crippen MR) is 75.1 cm³/mol. The molecule has 0 saturated heterocycles. The SMILES string of the molecule is O=Cc1ccc2ccc[n+](Cc3ccccc3)c2c1. The van der Waals surface area contributed by atoms with Gasteiger partial charge in [-0.05, 0) is 12.1 Å². The Kier molecular flexibility index (Phi) is 3.07. The molecule has 3 aromatic rings. The zero-order valence-corrected chi connectivity index (χ0v) is 10.5. The van der Waals surface area contributed by atoms with Gasteiger partial charge < -0.3 is 0 Å². The third kappa shape index (κ3) is 2.38. The van der Waals surface area contributed by atoms with Crippen LogP contribution in [0.3, 0.4) is 0 Å². The molecule has 1 heterocycles. The van der Waals surface area contributed by atoms with E-state index in [0.717, 1.165) is 23.7 Å². The summed E-state index contributed by atoms with van der Waals surface area (Å²) in [5, 5.41) is 1.14. The fourth-order valence-corrected chi connectivity index (χ4v) is 2.27. The first-order valence-electron chi connectivity index (χ1n) is 6.28. The summed E-state index contributed by atoms with van der Waals surface area (Å²) >= 11 is 0. The van der Waals surface area contributed by atoms with Crippen LogP contribution in [-0.2, 0) is 6.54 Å². The lowest BCUT2D eigenvalue weighted by atomic mass is 10.1. The van der Waals surface area contributed by atoms with Gasteiger partial charge in [0.25, 0.3) is 0 Å². The summed E-state index contributed by atoms with van der Waals surface area (Å²) < 4.78 is 2.16. The Balaban J connectivity index is 2.10. The first-order chi connectivity index (χ1) is 9.36. The van der Waals surface area contributed by atoms with Gasteiger partial charge >= 0.3 is 0 Å². The van der Waals surface area contributed by atoms with Gasteiger partial charge in [-0.3, -0.25) is 4.79 Å². The van der Waals surface area contributed by atoms with E-state index in [1.807, 2.05) is 48.7 Å². The van der Waals surface area contributed by atoms with Crippen LogP contribution in [0.2, 0.25) is 0 Å². The fourth-order valence-electron chi connectivity index (χ4n) is 2.27. The maximum Gasteiger partial charge on any atom is 0.213 e. The number of rotatable bonds is 3. The number of nitrogens with zero attached hydrogens (tertiary/aromatic N) is 1. The summed E-state index contributed by atoms with van der Waals surface area (Å²) in [5.41, 5.74) is 3.04. The lowest BCUT2D eigenvalue weighted by Gasteiger charge is -2.02. The summed E-state index contributed by atoms with van der Waals surface area (Å²) in [4.78, 5) is 10.9. The van der Waals surface area contributed by atoms with Crippen molar-refractivity contribution in [3.8, 4) is 0 Å². The Morgan fingerprint density at radius 2 is 1.79 bits per heavy atom. The van der Waals surface area contributed by atoms with Gasteiger partial charge in [0.05, 0.1) is 0 Å². The van der Waals surface area contributed by atoms with Crippen molar-refractivity contribution >= 4 is 17.2 Å². The lowest BCUT2D eigenvalue weighted by Crippen LogP contribution is -2.34. The molecule has 0 amide bonds. The van der Waals surface area contributed by atoms with Crippen LogP contribution in [0, 0.1) is 0 Å². The minimum atomic E-state index is 0.709. The van der Waals surface area contributed by atoms with Crippen molar-refractivity contribution < 1.29 is 9.36 Å². The number of aldehydes is 1. The molecule has 2 heteroatoms. The highest BCUT2D eigenvalue weighted by atomic mass is 16.1. The van der Waals surface area contributed by atoms with Crippen LogP contribution >= 0.6 is 0 Å². The largest absolute Gasteiger partial charge is 0.298 e. The fraction of sp³-hybridized carbons (Fsp3) is 0.0588. The Bertz CT molecular complexity index is 720.